The molecule has 0 aliphatic heterocycles. The van der Waals surface area contributed by atoms with Crippen molar-refractivity contribution in [2.45, 2.75) is 6.92 Å². The standard InChI is InChI=1S/C19H16N2O3/c1-11-14-5-6-20-9-12(14)7-16-15-8-13(24-10-18(22)23)3-4-17(15)21(2)19(11)16/h3-9H,10H2,1-2H3,(H,22,23). The van der Waals surface area contributed by atoms with Crippen molar-refractivity contribution in [1.82, 2.24) is 9.55 Å². The van der Waals surface area contributed by atoms with Crippen LogP contribution in [0.3, 0.4) is 0 Å². The van der Waals surface area contributed by atoms with Gasteiger partial charge in [-0.25, -0.2) is 4.79 Å². The molecule has 5 nitrogen and oxygen atoms in total. The Kier molecular flexibility index (Phi) is 3.16. The Hall–Kier alpha value is -3.08. The van der Waals surface area contributed by atoms with Gasteiger partial charge in [0.25, 0.3) is 0 Å². The summed E-state index contributed by atoms with van der Waals surface area (Å²) in [6.45, 7) is 1.77. The number of benzene rings is 2. The molecule has 1 N–H and O–H groups in total. The molecule has 0 spiro atoms. The summed E-state index contributed by atoms with van der Waals surface area (Å²) in [6, 6.07) is 9.84. The first-order chi connectivity index (χ1) is 11.6. The zero-order valence-electron chi connectivity index (χ0n) is 13.4. The second kappa shape index (κ2) is 5.23. The predicted molar refractivity (Wildman–Crippen MR) is 93.6 cm³/mol. The van der Waals surface area contributed by atoms with Crippen molar-refractivity contribution in [3.8, 4) is 5.75 Å². The summed E-state index contributed by atoms with van der Waals surface area (Å²) in [4.78, 5) is 14.9. The Bertz CT molecular complexity index is 1110. The van der Waals surface area contributed by atoms with Crippen LogP contribution in [0.4, 0.5) is 0 Å². The van der Waals surface area contributed by atoms with E-state index in [1.165, 1.54) is 16.5 Å². The van der Waals surface area contributed by atoms with Crippen LogP contribution in [0.2, 0.25) is 0 Å². The first-order valence-corrected chi connectivity index (χ1v) is 7.66. The third-order valence-electron chi connectivity index (χ3n) is 4.48. The monoisotopic (exact) mass is 320 g/mol. The Morgan fingerprint density at radius 1 is 1.21 bits per heavy atom. The number of nitrogens with zero attached hydrogens (tertiary/aromatic N) is 2. The lowest BCUT2D eigenvalue weighted by molar-refractivity contribution is -0.139. The van der Waals surface area contributed by atoms with E-state index in [0.717, 1.165) is 21.7 Å². The molecular formula is C19H16N2O3. The smallest absolute Gasteiger partial charge is 0.341 e. The van der Waals surface area contributed by atoms with E-state index >= 15 is 0 Å². The van der Waals surface area contributed by atoms with Crippen LogP contribution >= 0.6 is 0 Å². The normalized spacial score (nSPS) is 11.4. The summed E-state index contributed by atoms with van der Waals surface area (Å²) in [5.74, 6) is -0.428. The van der Waals surface area contributed by atoms with Gasteiger partial charge >= 0.3 is 5.97 Å². The Balaban J connectivity index is 2.03. The lowest BCUT2D eigenvalue weighted by Gasteiger charge is -2.06. The van der Waals surface area contributed by atoms with E-state index < -0.39 is 5.97 Å². The van der Waals surface area contributed by atoms with Gasteiger partial charge in [-0.15, -0.1) is 0 Å². The number of rotatable bonds is 3. The lowest BCUT2D eigenvalue weighted by atomic mass is 10.0. The quantitative estimate of drug-likeness (QED) is 0.626. The van der Waals surface area contributed by atoms with Crippen molar-refractivity contribution >= 4 is 38.5 Å². The molecule has 0 unspecified atom stereocenters. The molecule has 0 fully saturated rings. The molecule has 0 amide bonds. The number of carboxylic acid groups (broad SMARTS) is 1. The maximum absolute atomic E-state index is 10.7. The molecule has 2 aromatic heterocycles. The molecular weight excluding hydrogens is 304 g/mol. The SMILES string of the molecule is Cc1c2ccncc2cc2c3cc(OCC(=O)O)ccc3n(C)c12. The van der Waals surface area contributed by atoms with E-state index in [2.05, 4.69) is 22.5 Å². The average Bonchev–Trinajstić information content (AvgIpc) is 2.86. The number of fused-ring (bicyclic) bond motifs is 4. The largest absolute Gasteiger partial charge is 0.482 e. The lowest BCUT2D eigenvalue weighted by Crippen LogP contribution is -2.09. The molecule has 0 radical (unpaired) electrons. The minimum atomic E-state index is -0.985. The van der Waals surface area contributed by atoms with Gasteiger partial charge in [-0.05, 0) is 48.2 Å². The van der Waals surface area contributed by atoms with Crippen LogP contribution in [0, 0.1) is 6.92 Å². The number of pyridine rings is 1. The van der Waals surface area contributed by atoms with Gasteiger partial charge in [0, 0.05) is 41.1 Å². The van der Waals surface area contributed by atoms with Crippen LogP contribution in [0.1, 0.15) is 5.56 Å². The number of carboxylic acids is 1. The molecule has 4 aromatic rings. The van der Waals surface area contributed by atoms with Crippen molar-refractivity contribution < 1.29 is 14.6 Å². The number of aromatic nitrogens is 2. The molecule has 2 aromatic carbocycles. The maximum atomic E-state index is 10.7. The van der Waals surface area contributed by atoms with Crippen molar-refractivity contribution in [3.63, 3.8) is 0 Å². The van der Waals surface area contributed by atoms with Gasteiger partial charge in [0.1, 0.15) is 5.75 Å². The van der Waals surface area contributed by atoms with Crippen molar-refractivity contribution in [3.05, 3.63) is 48.3 Å². The highest BCUT2D eigenvalue weighted by Gasteiger charge is 2.14. The zero-order valence-corrected chi connectivity index (χ0v) is 13.4. The van der Waals surface area contributed by atoms with Gasteiger partial charge in [-0.1, -0.05) is 0 Å². The van der Waals surface area contributed by atoms with Crippen molar-refractivity contribution in [1.29, 1.82) is 0 Å². The van der Waals surface area contributed by atoms with Gasteiger partial charge in [0.2, 0.25) is 0 Å². The van der Waals surface area contributed by atoms with E-state index in [1.54, 1.807) is 6.07 Å². The van der Waals surface area contributed by atoms with E-state index in [0.29, 0.717) is 5.75 Å². The summed E-state index contributed by atoms with van der Waals surface area (Å²) in [5, 5.41) is 13.2. The number of hydrogen-bond acceptors (Lipinski definition) is 3. The molecule has 120 valence electrons. The molecule has 0 atom stereocenters. The number of hydrogen-bond donors (Lipinski definition) is 1. The fraction of sp³-hybridized carbons (Fsp3) is 0.158. The number of carbonyl (C=O) groups is 1. The van der Waals surface area contributed by atoms with Gasteiger partial charge in [0.15, 0.2) is 6.61 Å². The summed E-state index contributed by atoms with van der Waals surface area (Å²) in [6.07, 6.45) is 3.67. The highest BCUT2D eigenvalue weighted by atomic mass is 16.5. The minimum absolute atomic E-state index is 0.345. The third-order valence-corrected chi connectivity index (χ3v) is 4.48. The molecule has 4 rings (SSSR count). The fourth-order valence-corrected chi connectivity index (χ4v) is 3.43. The summed E-state index contributed by atoms with van der Waals surface area (Å²) >= 11 is 0. The molecule has 0 saturated heterocycles. The predicted octanol–water partition coefficient (Wildman–Crippen LogP) is 3.65. The van der Waals surface area contributed by atoms with Crippen LogP contribution in [0.5, 0.6) is 5.75 Å². The highest BCUT2D eigenvalue weighted by molar-refractivity contribution is 6.14. The number of ether oxygens (including phenoxy) is 1. The van der Waals surface area contributed by atoms with Crippen LogP contribution in [-0.2, 0) is 11.8 Å². The number of aryl methyl sites for hydroxylation is 2. The molecule has 0 aliphatic carbocycles. The van der Waals surface area contributed by atoms with Gasteiger partial charge in [0.05, 0.1) is 5.52 Å². The van der Waals surface area contributed by atoms with Crippen LogP contribution in [0.15, 0.2) is 42.7 Å². The zero-order chi connectivity index (χ0) is 16.8. The number of aliphatic carboxylic acids is 1. The van der Waals surface area contributed by atoms with Crippen LogP contribution in [-0.4, -0.2) is 27.2 Å². The van der Waals surface area contributed by atoms with Crippen LogP contribution < -0.4 is 4.74 Å². The van der Waals surface area contributed by atoms with Gasteiger partial charge < -0.3 is 14.4 Å². The molecule has 0 bridgehead atoms. The summed E-state index contributed by atoms with van der Waals surface area (Å²) in [5.41, 5.74) is 3.45. The topological polar surface area (TPSA) is 64.3 Å². The van der Waals surface area contributed by atoms with Crippen LogP contribution in [0.25, 0.3) is 32.6 Å². The second-order valence-corrected chi connectivity index (χ2v) is 5.91. The van der Waals surface area contributed by atoms with E-state index in [1.807, 2.05) is 37.6 Å². The summed E-state index contributed by atoms with van der Waals surface area (Å²) in [7, 11) is 2.04. The van der Waals surface area contributed by atoms with Gasteiger partial charge in [-0.2, -0.15) is 0 Å². The molecule has 0 saturated carbocycles. The maximum Gasteiger partial charge on any atom is 0.341 e. The second-order valence-electron chi connectivity index (χ2n) is 5.91. The highest BCUT2D eigenvalue weighted by Crippen LogP contribution is 2.36. The fourth-order valence-electron chi connectivity index (χ4n) is 3.43. The molecule has 5 heteroatoms. The third kappa shape index (κ3) is 2.09. The Morgan fingerprint density at radius 2 is 2.04 bits per heavy atom. The minimum Gasteiger partial charge on any atom is -0.482 e. The first kappa shape index (κ1) is 14.5. The van der Waals surface area contributed by atoms with Gasteiger partial charge in [-0.3, -0.25) is 4.98 Å². The Morgan fingerprint density at radius 3 is 2.83 bits per heavy atom. The Labute approximate surface area is 138 Å². The summed E-state index contributed by atoms with van der Waals surface area (Å²) < 4.78 is 7.50. The van der Waals surface area contributed by atoms with E-state index in [4.69, 9.17) is 9.84 Å². The van der Waals surface area contributed by atoms with Crippen molar-refractivity contribution in [2.75, 3.05) is 6.61 Å². The van der Waals surface area contributed by atoms with E-state index in [9.17, 15) is 4.79 Å². The molecule has 0 aliphatic rings. The van der Waals surface area contributed by atoms with Crippen molar-refractivity contribution in [2.24, 2.45) is 7.05 Å². The average molecular weight is 320 g/mol. The van der Waals surface area contributed by atoms with E-state index in [-0.39, 0.29) is 6.61 Å². The molecule has 2 heterocycles. The molecule has 24 heavy (non-hydrogen) atoms. The first-order valence-electron chi connectivity index (χ1n) is 7.66.